The molecule has 0 aromatic heterocycles. The van der Waals surface area contributed by atoms with Gasteiger partial charge in [0, 0.05) is 4.90 Å². The van der Waals surface area contributed by atoms with E-state index in [4.69, 9.17) is 5.11 Å². The number of hydrogen-bond donors (Lipinski definition) is 1. The molecule has 1 aromatic carbocycles. The van der Waals surface area contributed by atoms with Gasteiger partial charge in [0.15, 0.2) is 0 Å². The van der Waals surface area contributed by atoms with Crippen LogP contribution in [0.15, 0.2) is 23.1 Å². The zero-order valence-electron chi connectivity index (χ0n) is 9.69. The Hall–Kier alpha value is -1.16. The lowest BCUT2D eigenvalue weighted by atomic mass is 10.2. The summed E-state index contributed by atoms with van der Waals surface area (Å²) in [5.41, 5.74) is 1.87. The summed E-state index contributed by atoms with van der Waals surface area (Å²) < 4.78 is 12.1. The molecular formula is C12H16O3S. The van der Waals surface area contributed by atoms with E-state index in [1.165, 1.54) is 0 Å². The van der Waals surface area contributed by atoms with Crippen molar-refractivity contribution in [2.45, 2.75) is 37.3 Å². The molecule has 1 N–H and O–H groups in total. The number of aryl methyl sites for hydroxylation is 2. The molecular weight excluding hydrogens is 224 g/mol. The second kappa shape index (κ2) is 5.25. The molecule has 3 nitrogen and oxygen atoms in total. The lowest BCUT2D eigenvalue weighted by molar-refractivity contribution is -0.136. The van der Waals surface area contributed by atoms with Crippen molar-refractivity contribution in [3.63, 3.8) is 0 Å². The average molecular weight is 240 g/mol. The molecule has 1 aromatic rings. The summed E-state index contributed by atoms with van der Waals surface area (Å²) in [7, 11) is -1.47. The first-order valence-corrected chi connectivity index (χ1v) is 6.39. The molecule has 2 unspecified atom stereocenters. The van der Waals surface area contributed by atoms with Crippen LogP contribution in [0.3, 0.4) is 0 Å². The Bertz CT molecular complexity index is 426. The van der Waals surface area contributed by atoms with E-state index in [9.17, 15) is 9.00 Å². The van der Waals surface area contributed by atoms with E-state index in [0.29, 0.717) is 11.3 Å². The number of hydrogen-bond acceptors (Lipinski definition) is 2. The molecule has 0 radical (unpaired) electrons. The minimum atomic E-state index is -1.47. The highest BCUT2D eigenvalue weighted by Crippen LogP contribution is 2.19. The van der Waals surface area contributed by atoms with E-state index < -0.39 is 22.0 Å². The Morgan fingerprint density at radius 2 is 2.06 bits per heavy atom. The second-order valence-corrected chi connectivity index (χ2v) is 5.41. The van der Waals surface area contributed by atoms with E-state index in [2.05, 4.69) is 0 Å². The van der Waals surface area contributed by atoms with E-state index in [-0.39, 0.29) is 0 Å². The molecule has 0 saturated heterocycles. The van der Waals surface area contributed by atoms with Crippen molar-refractivity contribution in [2.24, 2.45) is 0 Å². The van der Waals surface area contributed by atoms with Crippen LogP contribution in [0.4, 0.5) is 0 Å². The van der Waals surface area contributed by atoms with Crippen LogP contribution in [0.1, 0.15) is 24.5 Å². The molecule has 4 heteroatoms. The van der Waals surface area contributed by atoms with Gasteiger partial charge in [-0.2, -0.15) is 0 Å². The average Bonchev–Trinajstić information content (AvgIpc) is 2.22. The van der Waals surface area contributed by atoms with Crippen LogP contribution in [0.25, 0.3) is 0 Å². The van der Waals surface area contributed by atoms with Gasteiger partial charge in [0.05, 0.1) is 10.8 Å². The number of aliphatic carboxylic acids is 1. The van der Waals surface area contributed by atoms with E-state index in [1.54, 1.807) is 13.0 Å². The van der Waals surface area contributed by atoms with Crippen molar-refractivity contribution >= 4 is 16.8 Å². The van der Waals surface area contributed by atoms with Crippen LogP contribution >= 0.6 is 0 Å². The highest BCUT2D eigenvalue weighted by Gasteiger charge is 2.24. The van der Waals surface area contributed by atoms with Crippen molar-refractivity contribution in [2.75, 3.05) is 0 Å². The third-order valence-electron chi connectivity index (χ3n) is 2.47. The lowest BCUT2D eigenvalue weighted by Gasteiger charge is -2.12. The van der Waals surface area contributed by atoms with Crippen molar-refractivity contribution in [1.29, 1.82) is 0 Å². The minimum absolute atomic E-state index is 0.370. The maximum atomic E-state index is 12.1. The Labute approximate surface area is 98.0 Å². The fourth-order valence-corrected chi connectivity index (χ4v) is 2.97. The van der Waals surface area contributed by atoms with Gasteiger partial charge in [-0.05, 0) is 37.5 Å². The summed E-state index contributed by atoms with van der Waals surface area (Å²) in [6, 6.07) is 5.60. The molecule has 0 fully saturated rings. The molecule has 0 heterocycles. The standard InChI is InChI=1S/C12H16O3S/c1-4-10(12(13)14)16(15)11-7-8(2)5-6-9(11)3/h5-7,10H,4H2,1-3H3,(H,13,14). The van der Waals surface area contributed by atoms with Gasteiger partial charge in [-0.25, -0.2) is 0 Å². The molecule has 88 valence electrons. The molecule has 0 aliphatic heterocycles. The van der Waals surface area contributed by atoms with Gasteiger partial charge in [-0.15, -0.1) is 0 Å². The molecule has 2 atom stereocenters. The third-order valence-corrected chi connectivity index (χ3v) is 4.39. The van der Waals surface area contributed by atoms with Crippen LogP contribution in [0, 0.1) is 13.8 Å². The second-order valence-electron chi connectivity index (χ2n) is 3.80. The maximum absolute atomic E-state index is 12.1. The van der Waals surface area contributed by atoms with Gasteiger partial charge in [-0.3, -0.25) is 9.00 Å². The number of carboxylic acids is 1. The smallest absolute Gasteiger partial charge is 0.319 e. The quantitative estimate of drug-likeness (QED) is 0.878. The van der Waals surface area contributed by atoms with E-state index >= 15 is 0 Å². The molecule has 0 aliphatic rings. The Kier molecular flexibility index (Phi) is 4.24. The maximum Gasteiger partial charge on any atom is 0.319 e. The fourth-order valence-electron chi connectivity index (χ4n) is 1.49. The normalized spacial score (nSPS) is 14.4. The summed E-state index contributed by atoms with van der Waals surface area (Å²) >= 11 is 0. The molecule has 0 saturated carbocycles. The van der Waals surface area contributed by atoms with E-state index in [1.807, 2.05) is 26.0 Å². The molecule has 1 rings (SSSR count). The van der Waals surface area contributed by atoms with Crippen LogP contribution in [-0.4, -0.2) is 20.5 Å². The predicted molar refractivity (Wildman–Crippen MR) is 64.0 cm³/mol. The van der Waals surface area contributed by atoms with Crippen LogP contribution in [0.2, 0.25) is 0 Å². The first-order chi connectivity index (χ1) is 7.47. The highest BCUT2D eigenvalue weighted by molar-refractivity contribution is 7.86. The number of benzene rings is 1. The van der Waals surface area contributed by atoms with Crippen molar-refractivity contribution in [1.82, 2.24) is 0 Å². The van der Waals surface area contributed by atoms with Crippen LogP contribution in [0.5, 0.6) is 0 Å². The third kappa shape index (κ3) is 2.70. The first-order valence-electron chi connectivity index (χ1n) is 5.18. The highest BCUT2D eigenvalue weighted by atomic mass is 32.2. The summed E-state index contributed by atoms with van der Waals surface area (Å²) in [6.45, 7) is 5.49. The molecule has 0 bridgehead atoms. The van der Waals surface area contributed by atoms with Gasteiger partial charge < -0.3 is 5.11 Å². The topological polar surface area (TPSA) is 54.4 Å². The number of carboxylic acid groups (broad SMARTS) is 1. The fraction of sp³-hybridized carbons (Fsp3) is 0.417. The first kappa shape index (κ1) is 12.9. The molecule has 16 heavy (non-hydrogen) atoms. The zero-order chi connectivity index (χ0) is 12.3. The van der Waals surface area contributed by atoms with Crippen molar-refractivity contribution in [3.05, 3.63) is 29.3 Å². The van der Waals surface area contributed by atoms with Gasteiger partial charge in [0.25, 0.3) is 0 Å². The molecule has 0 spiro atoms. The SMILES string of the molecule is CCC(C(=O)O)S(=O)c1cc(C)ccc1C. The summed E-state index contributed by atoms with van der Waals surface area (Å²) in [6.07, 6.45) is 0.370. The van der Waals surface area contributed by atoms with Gasteiger partial charge in [0.2, 0.25) is 0 Å². The van der Waals surface area contributed by atoms with E-state index in [0.717, 1.165) is 11.1 Å². The molecule has 0 amide bonds. The van der Waals surface area contributed by atoms with Crippen LogP contribution in [-0.2, 0) is 15.6 Å². The zero-order valence-corrected chi connectivity index (χ0v) is 10.5. The summed E-state index contributed by atoms with van der Waals surface area (Å²) in [4.78, 5) is 11.6. The van der Waals surface area contributed by atoms with Gasteiger partial charge in [0.1, 0.15) is 5.25 Å². The predicted octanol–water partition coefficient (Wildman–Crippen LogP) is 2.27. The number of rotatable bonds is 4. The van der Waals surface area contributed by atoms with Crippen LogP contribution < -0.4 is 0 Å². The summed E-state index contributed by atoms with van der Waals surface area (Å²) in [5.74, 6) is -0.998. The number of carbonyl (C=O) groups is 1. The van der Waals surface area contributed by atoms with Crippen molar-refractivity contribution < 1.29 is 14.1 Å². The Morgan fingerprint density at radius 3 is 2.56 bits per heavy atom. The molecule has 0 aliphatic carbocycles. The minimum Gasteiger partial charge on any atom is -0.480 e. The Balaban J connectivity index is 3.12. The Morgan fingerprint density at radius 1 is 1.44 bits per heavy atom. The largest absolute Gasteiger partial charge is 0.480 e. The van der Waals surface area contributed by atoms with Gasteiger partial charge in [-0.1, -0.05) is 19.1 Å². The lowest BCUT2D eigenvalue weighted by Crippen LogP contribution is -2.25. The van der Waals surface area contributed by atoms with Gasteiger partial charge >= 0.3 is 5.97 Å². The summed E-state index contributed by atoms with van der Waals surface area (Å²) in [5, 5.41) is 8.15. The van der Waals surface area contributed by atoms with Crippen molar-refractivity contribution in [3.8, 4) is 0 Å². The monoisotopic (exact) mass is 240 g/mol.